The normalized spacial score (nSPS) is 29.0. The van der Waals surface area contributed by atoms with Gasteiger partial charge in [-0.1, -0.05) is 31.6 Å². The molecule has 3 N–H and O–H groups in total. The third kappa shape index (κ3) is 1.75. The summed E-state index contributed by atoms with van der Waals surface area (Å²) < 4.78 is 0. The fourth-order valence-electron chi connectivity index (χ4n) is 2.32. The zero-order valence-electron chi connectivity index (χ0n) is 9.79. The lowest BCUT2D eigenvalue weighted by Gasteiger charge is -2.37. The van der Waals surface area contributed by atoms with E-state index in [-0.39, 0.29) is 18.0 Å². The summed E-state index contributed by atoms with van der Waals surface area (Å²) in [6.07, 6.45) is 4.15. The smallest absolute Gasteiger partial charge is 0.320 e. The SMILES string of the molecule is CC1=CC2C(=N)NC(=O)NC2C(C(C)C)=C1. The molecule has 2 rings (SSSR count). The van der Waals surface area contributed by atoms with Gasteiger partial charge in [0.15, 0.2) is 0 Å². The quantitative estimate of drug-likeness (QED) is 0.618. The third-order valence-electron chi connectivity index (χ3n) is 3.09. The molecule has 1 aliphatic heterocycles. The number of amidine groups is 1. The molecule has 4 nitrogen and oxygen atoms in total. The van der Waals surface area contributed by atoms with Crippen molar-refractivity contribution in [2.75, 3.05) is 0 Å². The molecule has 0 aromatic rings. The highest BCUT2D eigenvalue weighted by Crippen LogP contribution is 2.29. The average Bonchev–Trinajstić information content (AvgIpc) is 2.18. The van der Waals surface area contributed by atoms with E-state index in [2.05, 4.69) is 30.6 Å². The molecule has 16 heavy (non-hydrogen) atoms. The van der Waals surface area contributed by atoms with Gasteiger partial charge in [0.25, 0.3) is 0 Å². The van der Waals surface area contributed by atoms with Gasteiger partial charge in [-0.05, 0) is 18.4 Å². The summed E-state index contributed by atoms with van der Waals surface area (Å²) in [6, 6.07) is -0.323. The number of hydrogen-bond donors (Lipinski definition) is 3. The first-order valence-electron chi connectivity index (χ1n) is 5.55. The van der Waals surface area contributed by atoms with E-state index < -0.39 is 0 Å². The summed E-state index contributed by atoms with van der Waals surface area (Å²) in [5, 5.41) is 13.2. The van der Waals surface area contributed by atoms with Crippen LogP contribution < -0.4 is 10.6 Å². The number of carbonyl (C=O) groups excluding carboxylic acids is 1. The Morgan fingerprint density at radius 3 is 2.75 bits per heavy atom. The molecule has 1 heterocycles. The molecule has 0 spiro atoms. The zero-order chi connectivity index (χ0) is 11.9. The van der Waals surface area contributed by atoms with Crippen LogP contribution in [0.3, 0.4) is 0 Å². The number of nitrogens with one attached hydrogen (secondary N) is 3. The fourth-order valence-corrected chi connectivity index (χ4v) is 2.32. The summed E-state index contributed by atoms with van der Waals surface area (Å²) in [6.45, 7) is 6.25. The van der Waals surface area contributed by atoms with Gasteiger partial charge in [-0.3, -0.25) is 10.7 Å². The van der Waals surface area contributed by atoms with E-state index in [1.807, 2.05) is 13.0 Å². The number of carbonyl (C=O) groups is 1. The van der Waals surface area contributed by atoms with Crippen molar-refractivity contribution >= 4 is 11.9 Å². The monoisotopic (exact) mass is 219 g/mol. The van der Waals surface area contributed by atoms with Crippen molar-refractivity contribution in [1.82, 2.24) is 10.6 Å². The second kappa shape index (κ2) is 3.77. The van der Waals surface area contributed by atoms with E-state index in [1.165, 1.54) is 5.57 Å². The number of allylic oxidation sites excluding steroid dienone is 2. The molecule has 4 heteroatoms. The number of hydrogen-bond acceptors (Lipinski definition) is 2. The van der Waals surface area contributed by atoms with Crippen molar-refractivity contribution in [2.45, 2.75) is 26.8 Å². The highest BCUT2D eigenvalue weighted by molar-refractivity contribution is 6.01. The van der Waals surface area contributed by atoms with Crippen molar-refractivity contribution in [2.24, 2.45) is 11.8 Å². The average molecular weight is 219 g/mol. The Kier molecular flexibility index (Phi) is 2.58. The first-order chi connectivity index (χ1) is 7.49. The lowest BCUT2D eigenvalue weighted by atomic mass is 9.79. The van der Waals surface area contributed by atoms with Crippen molar-refractivity contribution in [3.8, 4) is 0 Å². The molecule has 0 saturated carbocycles. The Balaban J connectivity index is 2.38. The summed E-state index contributed by atoms with van der Waals surface area (Å²) >= 11 is 0. The van der Waals surface area contributed by atoms with Crippen LogP contribution in [-0.4, -0.2) is 17.9 Å². The zero-order valence-corrected chi connectivity index (χ0v) is 9.79. The molecule has 2 unspecified atom stereocenters. The van der Waals surface area contributed by atoms with Gasteiger partial charge in [-0.25, -0.2) is 4.79 Å². The number of rotatable bonds is 1. The summed E-state index contributed by atoms with van der Waals surface area (Å²) in [4.78, 5) is 11.4. The van der Waals surface area contributed by atoms with Crippen LogP contribution in [0.5, 0.6) is 0 Å². The lowest BCUT2D eigenvalue weighted by Crippen LogP contribution is -2.59. The molecule has 2 aliphatic rings. The third-order valence-corrected chi connectivity index (χ3v) is 3.09. The van der Waals surface area contributed by atoms with Crippen LogP contribution in [0.15, 0.2) is 23.3 Å². The molecule has 1 saturated heterocycles. The van der Waals surface area contributed by atoms with Gasteiger partial charge in [0.2, 0.25) is 0 Å². The Morgan fingerprint density at radius 2 is 2.12 bits per heavy atom. The van der Waals surface area contributed by atoms with Crippen molar-refractivity contribution in [3.63, 3.8) is 0 Å². The fraction of sp³-hybridized carbons (Fsp3) is 0.500. The predicted molar refractivity (Wildman–Crippen MR) is 63.4 cm³/mol. The Labute approximate surface area is 95.3 Å². The molecule has 0 aromatic heterocycles. The van der Waals surface area contributed by atoms with E-state index >= 15 is 0 Å². The van der Waals surface area contributed by atoms with Crippen LogP contribution in [0, 0.1) is 17.2 Å². The highest BCUT2D eigenvalue weighted by atomic mass is 16.2. The first kappa shape index (κ1) is 10.9. The highest BCUT2D eigenvalue weighted by Gasteiger charge is 2.36. The van der Waals surface area contributed by atoms with Gasteiger partial charge < -0.3 is 5.32 Å². The first-order valence-corrected chi connectivity index (χ1v) is 5.55. The second-order valence-corrected chi connectivity index (χ2v) is 4.73. The van der Waals surface area contributed by atoms with Crippen LogP contribution in [0.4, 0.5) is 4.79 Å². The molecule has 2 atom stereocenters. The molecule has 1 fully saturated rings. The summed E-state index contributed by atoms with van der Waals surface area (Å²) in [5.74, 6) is 0.627. The Bertz CT molecular complexity index is 406. The predicted octanol–water partition coefficient (Wildman–Crippen LogP) is 1.80. The number of urea groups is 1. The maximum absolute atomic E-state index is 11.4. The standard InChI is InChI=1S/C12H17N3O/c1-6(2)8-4-7(3)5-9-10(8)14-12(16)15-11(9)13/h4-6,9-10H,1-3H3,(H3,13,14,15,16). The van der Waals surface area contributed by atoms with Crippen LogP contribution in [0.1, 0.15) is 20.8 Å². The van der Waals surface area contributed by atoms with Crippen LogP contribution in [0.25, 0.3) is 0 Å². The molecule has 0 bridgehead atoms. The lowest BCUT2D eigenvalue weighted by molar-refractivity contribution is 0.237. The van der Waals surface area contributed by atoms with Crippen molar-refractivity contribution in [3.05, 3.63) is 23.3 Å². The molecule has 0 aromatic carbocycles. The van der Waals surface area contributed by atoms with E-state index in [9.17, 15) is 4.79 Å². The van der Waals surface area contributed by atoms with Crippen LogP contribution in [-0.2, 0) is 0 Å². The Morgan fingerprint density at radius 1 is 1.44 bits per heavy atom. The molecular weight excluding hydrogens is 202 g/mol. The van der Waals surface area contributed by atoms with Crippen molar-refractivity contribution in [1.29, 1.82) is 5.41 Å². The molecule has 1 aliphatic carbocycles. The van der Waals surface area contributed by atoms with Crippen LogP contribution >= 0.6 is 0 Å². The number of fused-ring (bicyclic) bond motifs is 1. The van der Waals surface area contributed by atoms with Gasteiger partial charge in [-0.15, -0.1) is 0 Å². The largest absolute Gasteiger partial charge is 0.330 e. The van der Waals surface area contributed by atoms with Gasteiger partial charge in [0.05, 0.1) is 12.0 Å². The molecule has 0 radical (unpaired) electrons. The van der Waals surface area contributed by atoms with E-state index in [0.717, 1.165) is 5.57 Å². The van der Waals surface area contributed by atoms with Gasteiger partial charge >= 0.3 is 6.03 Å². The minimum Gasteiger partial charge on any atom is -0.330 e. The van der Waals surface area contributed by atoms with E-state index in [4.69, 9.17) is 5.41 Å². The molecule has 2 amide bonds. The second-order valence-electron chi connectivity index (χ2n) is 4.73. The molecular formula is C12H17N3O. The summed E-state index contributed by atoms with van der Waals surface area (Å²) in [7, 11) is 0. The van der Waals surface area contributed by atoms with Crippen LogP contribution in [0.2, 0.25) is 0 Å². The van der Waals surface area contributed by atoms with Crippen molar-refractivity contribution < 1.29 is 4.79 Å². The summed E-state index contributed by atoms with van der Waals surface area (Å²) in [5.41, 5.74) is 2.36. The maximum Gasteiger partial charge on any atom is 0.320 e. The van der Waals surface area contributed by atoms with Gasteiger partial charge in [-0.2, -0.15) is 0 Å². The molecule has 86 valence electrons. The topological polar surface area (TPSA) is 65.0 Å². The van der Waals surface area contributed by atoms with Gasteiger partial charge in [0, 0.05) is 0 Å². The van der Waals surface area contributed by atoms with E-state index in [1.54, 1.807) is 0 Å². The minimum absolute atomic E-state index is 0.0416. The Hall–Kier alpha value is -1.58. The number of amides is 2. The minimum atomic E-state index is -0.272. The van der Waals surface area contributed by atoms with Gasteiger partial charge in [0.1, 0.15) is 5.84 Å². The van der Waals surface area contributed by atoms with E-state index in [0.29, 0.717) is 11.8 Å². The maximum atomic E-state index is 11.4.